The summed E-state index contributed by atoms with van der Waals surface area (Å²) in [4.78, 5) is 24.5. The van der Waals surface area contributed by atoms with Gasteiger partial charge in [-0.2, -0.15) is 0 Å². The second-order valence-electron chi connectivity index (χ2n) is 5.13. The third-order valence-corrected chi connectivity index (χ3v) is 4.35. The first-order valence-corrected chi connectivity index (χ1v) is 8.44. The number of nitrogens with zero attached hydrogens (tertiary/aromatic N) is 2. The largest absolute Gasteiger partial charge is 0.489 e. The monoisotopic (exact) mass is 364 g/mol. The summed E-state index contributed by atoms with van der Waals surface area (Å²) in [7, 11) is 1.64. The molecular formula is C17H17FN2O4S. The molecule has 1 amide bonds. The van der Waals surface area contributed by atoms with E-state index < -0.39 is 10.7 Å². The van der Waals surface area contributed by atoms with E-state index in [1.54, 1.807) is 31.3 Å². The Bertz CT molecular complexity index is 740. The Morgan fingerprint density at radius 1 is 1.24 bits per heavy atom. The van der Waals surface area contributed by atoms with Gasteiger partial charge in [0.2, 0.25) is 5.91 Å². The van der Waals surface area contributed by atoms with E-state index in [2.05, 4.69) is 0 Å². The molecule has 6 nitrogen and oxygen atoms in total. The van der Waals surface area contributed by atoms with Gasteiger partial charge in [0.1, 0.15) is 6.61 Å². The molecule has 0 aliphatic heterocycles. The van der Waals surface area contributed by atoms with Crippen molar-refractivity contribution in [3.05, 3.63) is 64.5 Å². The van der Waals surface area contributed by atoms with Crippen molar-refractivity contribution in [3.8, 4) is 5.75 Å². The number of carbonyl (C=O) groups is 1. The van der Waals surface area contributed by atoms with Crippen LogP contribution in [0.25, 0.3) is 0 Å². The number of likely N-dealkylation sites (N-methyl/N-ethyl adjacent to an activating group) is 1. The molecular weight excluding hydrogens is 347 g/mol. The smallest absolute Gasteiger partial charge is 0.269 e. The molecule has 0 unspecified atom stereocenters. The van der Waals surface area contributed by atoms with Crippen molar-refractivity contribution in [3.63, 3.8) is 0 Å². The number of para-hydroxylation sites is 1. The lowest BCUT2D eigenvalue weighted by atomic mass is 10.3. The van der Waals surface area contributed by atoms with Gasteiger partial charge in [-0.3, -0.25) is 14.9 Å². The van der Waals surface area contributed by atoms with Gasteiger partial charge in [-0.15, -0.1) is 11.8 Å². The van der Waals surface area contributed by atoms with Gasteiger partial charge < -0.3 is 9.64 Å². The number of amides is 1. The Hall–Kier alpha value is -2.61. The number of halogens is 1. The van der Waals surface area contributed by atoms with Gasteiger partial charge >= 0.3 is 0 Å². The fraction of sp³-hybridized carbons (Fsp3) is 0.235. The number of benzene rings is 2. The Morgan fingerprint density at radius 2 is 1.92 bits per heavy atom. The molecule has 25 heavy (non-hydrogen) atoms. The lowest BCUT2D eigenvalue weighted by molar-refractivity contribution is -0.384. The van der Waals surface area contributed by atoms with Gasteiger partial charge in [0, 0.05) is 24.1 Å². The van der Waals surface area contributed by atoms with Gasteiger partial charge in [0.15, 0.2) is 11.6 Å². The summed E-state index contributed by atoms with van der Waals surface area (Å²) in [5, 5.41) is 10.6. The van der Waals surface area contributed by atoms with Crippen LogP contribution in [0.2, 0.25) is 0 Å². The SMILES string of the molecule is CN(CCOc1ccccc1F)C(=O)CSc1ccc([N+](=O)[O-])cc1. The molecule has 2 aromatic rings. The first-order valence-electron chi connectivity index (χ1n) is 7.46. The standard InChI is InChI=1S/C17H17FN2O4S/c1-19(10-11-24-16-5-3-2-4-15(16)18)17(21)12-25-14-8-6-13(7-9-14)20(22)23/h2-9H,10-12H2,1H3. The molecule has 0 aromatic heterocycles. The number of nitro groups is 1. The molecule has 2 aromatic carbocycles. The lowest BCUT2D eigenvalue weighted by Gasteiger charge is -2.17. The fourth-order valence-electron chi connectivity index (χ4n) is 1.90. The highest BCUT2D eigenvalue weighted by Crippen LogP contribution is 2.21. The van der Waals surface area contributed by atoms with E-state index in [1.165, 1.54) is 40.9 Å². The maximum atomic E-state index is 13.4. The Morgan fingerprint density at radius 3 is 2.56 bits per heavy atom. The molecule has 0 aliphatic rings. The molecule has 8 heteroatoms. The number of hydrogen-bond donors (Lipinski definition) is 0. The van der Waals surface area contributed by atoms with Gasteiger partial charge in [0.05, 0.1) is 17.2 Å². The van der Waals surface area contributed by atoms with Crippen LogP contribution < -0.4 is 4.74 Å². The van der Waals surface area contributed by atoms with Crippen molar-refractivity contribution in [1.29, 1.82) is 0 Å². The van der Waals surface area contributed by atoms with Crippen molar-refractivity contribution in [2.24, 2.45) is 0 Å². The van der Waals surface area contributed by atoms with E-state index in [0.717, 1.165) is 4.90 Å². The molecule has 2 rings (SSSR count). The summed E-state index contributed by atoms with van der Waals surface area (Å²) in [5.41, 5.74) is 0.0121. The van der Waals surface area contributed by atoms with Crippen LogP contribution in [0.4, 0.5) is 10.1 Å². The minimum Gasteiger partial charge on any atom is -0.489 e. The summed E-state index contributed by atoms with van der Waals surface area (Å²) in [6, 6.07) is 12.1. The molecule has 0 atom stereocenters. The van der Waals surface area contributed by atoms with Gasteiger partial charge in [-0.25, -0.2) is 4.39 Å². The van der Waals surface area contributed by atoms with E-state index in [1.807, 2.05) is 0 Å². The number of hydrogen-bond acceptors (Lipinski definition) is 5. The summed E-state index contributed by atoms with van der Waals surface area (Å²) in [6.45, 7) is 0.513. The Kier molecular flexibility index (Phi) is 6.76. The lowest BCUT2D eigenvalue weighted by Crippen LogP contribution is -2.32. The number of rotatable bonds is 8. The zero-order valence-electron chi connectivity index (χ0n) is 13.6. The van der Waals surface area contributed by atoms with E-state index in [4.69, 9.17) is 4.74 Å². The maximum Gasteiger partial charge on any atom is 0.269 e. The molecule has 0 saturated carbocycles. The van der Waals surface area contributed by atoms with Crippen LogP contribution in [0.5, 0.6) is 5.75 Å². The predicted octanol–water partition coefficient (Wildman–Crippen LogP) is 3.36. The van der Waals surface area contributed by atoms with E-state index in [0.29, 0.717) is 6.54 Å². The molecule has 0 spiro atoms. The van der Waals surface area contributed by atoms with E-state index in [9.17, 15) is 19.3 Å². The molecule has 0 fully saturated rings. The highest BCUT2D eigenvalue weighted by atomic mass is 32.2. The van der Waals surface area contributed by atoms with Crippen LogP contribution in [0, 0.1) is 15.9 Å². The quantitative estimate of drug-likeness (QED) is 0.408. The number of nitro benzene ring substituents is 1. The van der Waals surface area contributed by atoms with Gasteiger partial charge in [-0.05, 0) is 24.3 Å². The van der Waals surface area contributed by atoms with Crippen molar-refractivity contribution < 1.29 is 18.8 Å². The normalized spacial score (nSPS) is 10.3. The highest BCUT2D eigenvalue weighted by molar-refractivity contribution is 8.00. The average Bonchev–Trinajstić information content (AvgIpc) is 2.61. The fourth-order valence-corrected chi connectivity index (χ4v) is 2.74. The summed E-state index contributed by atoms with van der Waals surface area (Å²) < 4.78 is 18.7. The third-order valence-electron chi connectivity index (χ3n) is 3.36. The minimum absolute atomic E-state index is 0.0121. The predicted molar refractivity (Wildman–Crippen MR) is 93.4 cm³/mol. The van der Waals surface area contributed by atoms with E-state index >= 15 is 0 Å². The molecule has 132 valence electrons. The molecule has 0 bridgehead atoms. The zero-order chi connectivity index (χ0) is 18.2. The molecule has 0 aliphatic carbocycles. The molecule has 0 saturated heterocycles. The number of carbonyl (C=O) groups excluding carboxylic acids is 1. The number of ether oxygens (including phenoxy) is 1. The first-order chi connectivity index (χ1) is 12.0. The second kappa shape index (κ2) is 9.03. The van der Waals surface area contributed by atoms with Crippen molar-refractivity contribution in [2.45, 2.75) is 4.90 Å². The topological polar surface area (TPSA) is 72.7 Å². The average molecular weight is 364 g/mol. The third kappa shape index (κ3) is 5.75. The van der Waals surface area contributed by atoms with Crippen molar-refractivity contribution in [2.75, 3.05) is 26.0 Å². The van der Waals surface area contributed by atoms with Crippen LogP contribution in [-0.2, 0) is 4.79 Å². The van der Waals surface area contributed by atoms with Crippen molar-refractivity contribution in [1.82, 2.24) is 4.90 Å². The minimum atomic E-state index is -0.469. The summed E-state index contributed by atoms with van der Waals surface area (Å²) in [5.74, 6) is -0.192. The van der Waals surface area contributed by atoms with Crippen LogP contribution in [-0.4, -0.2) is 41.7 Å². The molecule has 0 N–H and O–H groups in total. The van der Waals surface area contributed by atoms with Crippen LogP contribution in [0.1, 0.15) is 0 Å². The zero-order valence-corrected chi connectivity index (χ0v) is 14.4. The van der Waals surface area contributed by atoms with Crippen LogP contribution in [0.15, 0.2) is 53.4 Å². The van der Waals surface area contributed by atoms with Crippen molar-refractivity contribution >= 4 is 23.4 Å². The maximum absolute atomic E-state index is 13.4. The second-order valence-corrected chi connectivity index (χ2v) is 6.18. The summed E-state index contributed by atoms with van der Waals surface area (Å²) >= 11 is 1.29. The first kappa shape index (κ1) is 18.7. The Labute approximate surface area is 148 Å². The molecule has 0 heterocycles. The van der Waals surface area contributed by atoms with Crippen LogP contribution >= 0.6 is 11.8 Å². The number of thioether (sulfide) groups is 1. The van der Waals surface area contributed by atoms with Gasteiger partial charge in [-0.1, -0.05) is 12.1 Å². The number of non-ortho nitro benzene ring substituents is 1. The molecule has 0 radical (unpaired) electrons. The summed E-state index contributed by atoms with van der Waals surface area (Å²) in [6.07, 6.45) is 0. The van der Waals surface area contributed by atoms with Gasteiger partial charge in [0.25, 0.3) is 5.69 Å². The van der Waals surface area contributed by atoms with E-state index in [-0.39, 0.29) is 29.7 Å². The highest BCUT2D eigenvalue weighted by Gasteiger charge is 2.11. The Balaban J connectivity index is 1.74. The van der Waals surface area contributed by atoms with Crippen LogP contribution in [0.3, 0.4) is 0 Å².